The summed E-state index contributed by atoms with van der Waals surface area (Å²) >= 11 is 1.84. The third kappa shape index (κ3) is 2.33. The second kappa shape index (κ2) is 5.84. The van der Waals surface area contributed by atoms with Crippen LogP contribution in [0.3, 0.4) is 0 Å². The zero-order chi connectivity index (χ0) is 16.7. The number of fused-ring (bicyclic) bond motifs is 1. The van der Waals surface area contributed by atoms with Gasteiger partial charge in [0, 0.05) is 23.8 Å². The van der Waals surface area contributed by atoms with Crippen molar-refractivity contribution >= 4 is 21.6 Å². The Morgan fingerprint density at radius 1 is 0.708 bits per heavy atom. The molecule has 0 N–H and O–H groups in total. The molecule has 0 unspecified atom stereocenters. The van der Waals surface area contributed by atoms with Crippen LogP contribution in [-0.2, 0) is 14.1 Å². The summed E-state index contributed by atoms with van der Waals surface area (Å²) < 4.78 is 5.90. The van der Waals surface area contributed by atoms with Gasteiger partial charge >= 0.3 is 5.01 Å². The number of aryl methyl sites for hydroxylation is 2. The normalized spacial score (nSPS) is 11.1. The summed E-state index contributed by atoms with van der Waals surface area (Å²) in [6.45, 7) is 2.17. The summed E-state index contributed by atoms with van der Waals surface area (Å²) in [5.41, 5.74) is 6.33. The highest BCUT2D eigenvalue weighted by molar-refractivity contribution is 7.21. The van der Waals surface area contributed by atoms with Crippen LogP contribution in [-0.4, -0.2) is 0 Å². The largest absolute Gasteiger partial charge is 0.335 e. The van der Waals surface area contributed by atoms with E-state index in [-0.39, 0.29) is 0 Å². The van der Waals surface area contributed by atoms with Crippen LogP contribution in [0, 0.1) is 6.92 Å². The van der Waals surface area contributed by atoms with Crippen LogP contribution in [0.25, 0.3) is 32.2 Å². The molecular formula is C21H20N2S+2. The summed E-state index contributed by atoms with van der Waals surface area (Å²) in [6, 6.07) is 23.7. The lowest BCUT2D eigenvalue weighted by Gasteiger charge is -2.05. The average molecular weight is 332 g/mol. The van der Waals surface area contributed by atoms with Gasteiger partial charge in [-0.25, -0.2) is 0 Å². The third-order valence-electron chi connectivity index (χ3n) is 4.61. The first kappa shape index (κ1) is 15.0. The van der Waals surface area contributed by atoms with Gasteiger partial charge in [0.05, 0.1) is 0 Å². The molecule has 24 heavy (non-hydrogen) atoms. The molecule has 2 heterocycles. The van der Waals surface area contributed by atoms with Gasteiger partial charge in [-0.3, -0.25) is 0 Å². The Bertz CT molecular complexity index is 1050. The molecule has 0 saturated carbocycles. The van der Waals surface area contributed by atoms with Gasteiger partial charge in [-0.05, 0) is 30.7 Å². The van der Waals surface area contributed by atoms with E-state index in [1.165, 1.54) is 37.7 Å². The monoisotopic (exact) mass is 332 g/mol. The van der Waals surface area contributed by atoms with E-state index >= 15 is 0 Å². The summed E-state index contributed by atoms with van der Waals surface area (Å²) in [5, 5.41) is 1.27. The van der Waals surface area contributed by atoms with Gasteiger partial charge in [0.25, 0.3) is 5.69 Å². The molecule has 3 heteroatoms. The number of hydrogen-bond donors (Lipinski definition) is 0. The minimum Gasteiger partial charge on any atom is -0.188 e. The Morgan fingerprint density at radius 3 is 2.21 bits per heavy atom. The Hall–Kier alpha value is -2.52. The highest BCUT2D eigenvalue weighted by Crippen LogP contribution is 2.28. The van der Waals surface area contributed by atoms with Gasteiger partial charge in [-0.15, -0.1) is 0 Å². The molecular weight excluding hydrogens is 312 g/mol. The average Bonchev–Trinajstić information content (AvgIpc) is 2.93. The number of thiazole rings is 1. The topological polar surface area (TPSA) is 7.76 Å². The number of aromatic nitrogens is 2. The fraction of sp³-hybridized carbons (Fsp3) is 0.143. The van der Waals surface area contributed by atoms with Gasteiger partial charge in [-0.2, -0.15) is 9.13 Å². The molecule has 2 nitrogen and oxygen atoms in total. The molecule has 0 radical (unpaired) electrons. The van der Waals surface area contributed by atoms with E-state index in [1.807, 2.05) is 11.3 Å². The number of nitrogens with zero attached hydrogens (tertiary/aromatic N) is 2. The predicted octanol–water partition coefficient (Wildman–Crippen LogP) is 4.19. The summed E-state index contributed by atoms with van der Waals surface area (Å²) in [7, 11) is 4.30. The zero-order valence-electron chi connectivity index (χ0n) is 14.2. The maximum Gasteiger partial charge on any atom is 0.335 e. The fourth-order valence-corrected chi connectivity index (χ4v) is 4.47. The molecule has 0 atom stereocenters. The lowest BCUT2D eigenvalue weighted by atomic mass is 10.0. The molecule has 2 aromatic heterocycles. The van der Waals surface area contributed by atoms with Gasteiger partial charge in [0.15, 0.2) is 0 Å². The van der Waals surface area contributed by atoms with E-state index in [9.17, 15) is 0 Å². The number of pyridine rings is 1. The SMILES string of the molecule is Cc1ccccc1-c1cccc(-c2sc3ccccc3[n+]2C)[n+]1C. The van der Waals surface area contributed by atoms with Crippen LogP contribution >= 0.6 is 11.3 Å². The minimum absolute atomic E-state index is 1.24. The van der Waals surface area contributed by atoms with Crippen molar-refractivity contribution in [2.24, 2.45) is 14.1 Å². The smallest absolute Gasteiger partial charge is 0.188 e. The van der Waals surface area contributed by atoms with Crippen LogP contribution in [0.2, 0.25) is 0 Å². The van der Waals surface area contributed by atoms with Gasteiger partial charge in [-0.1, -0.05) is 41.7 Å². The summed E-state index contributed by atoms with van der Waals surface area (Å²) in [4.78, 5) is 0. The Morgan fingerprint density at radius 2 is 1.42 bits per heavy atom. The van der Waals surface area contributed by atoms with Crippen LogP contribution in [0.4, 0.5) is 0 Å². The Kier molecular flexibility index (Phi) is 3.66. The second-order valence-electron chi connectivity index (χ2n) is 6.10. The quantitative estimate of drug-likeness (QED) is 0.486. The van der Waals surface area contributed by atoms with Crippen molar-refractivity contribution in [2.75, 3.05) is 0 Å². The Balaban J connectivity index is 1.95. The molecule has 0 aliphatic carbocycles. The van der Waals surface area contributed by atoms with Crippen molar-refractivity contribution in [2.45, 2.75) is 6.92 Å². The third-order valence-corrected chi connectivity index (χ3v) is 5.85. The number of benzene rings is 2. The van der Waals surface area contributed by atoms with Gasteiger partial charge in [0.1, 0.15) is 18.8 Å². The van der Waals surface area contributed by atoms with E-state index in [0.717, 1.165) is 0 Å². The number of hydrogen-bond acceptors (Lipinski definition) is 1. The molecule has 4 rings (SSSR count). The lowest BCUT2D eigenvalue weighted by molar-refractivity contribution is -0.670. The van der Waals surface area contributed by atoms with Crippen molar-refractivity contribution < 1.29 is 9.13 Å². The molecule has 118 valence electrons. The molecule has 0 bridgehead atoms. The highest BCUT2D eigenvalue weighted by Gasteiger charge is 2.27. The van der Waals surface area contributed by atoms with Crippen molar-refractivity contribution in [3.05, 3.63) is 72.3 Å². The molecule has 0 aliphatic rings. The molecule has 0 fully saturated rings. The van der Waals surface area contributed by atoms with Crippen LogP contribution in [0.1, 0.15) is 5.56 Å². The molecule has 0 amide bonds. The zero-order valence-corrected chi connectivity index (χ0v) is 15.0. The molecule has 4 aromatic rings. The van der Waals surface area contributed by atoms with E-state index in [4.69, 9.17) is 0 Å². The first-order valence-electron chi connectivity index (χ1n) is 8.10. The molecule has 0 saturated heterocycles. The number of rotatable bonds is 2. The van der Waals surface area contributed by atoms with Crippen LogP contribution in [0.15, 0.2) is 66.7 Å². The van der Waals surface area contributed by atoms with Crippen molar-refractivity contribution in [1.82, 2.24) is 0 Å². The summed E-state index contributed by atoms with van der Waals surface area (Å²) in [6.07, 6.45) is 0. The standard InChI is InChI=1S/C21H20N2S/c1-15-9-4-5-10-16(15)17-12-8-13-19(22(17)2)21-23(3)18-11-6-7-14-20(18)24-21/h4-14H,1-3H3/q+2. The van der Waals surface area contributed by atoms with Gasteiger partial charge in [0.2, 0.25) is 11.2 Å². The maximum atomic E-state index is 2.30. The lowest BCUT2D eigenvalue weighted by Crippen LogP contribution is -2.38. The predicted molar refractivity (Wildman–Crippen MR) is 99.8 cm³/mol. The first-order valence-corrected chi connectivity index (χ1v) is 8.91. The van der Waals surface area contributed by atoms with E-state index in [0.29, 0.717) is 0 Å². The fourth-order valence-electron chi connectivity index (χ4n) is 3.26. The number of para-hydroxylation sites is 1. The Labute approximate surface area is 146 Å². The van der Waals surface area contributed by atoms with Crippen molar-refractivity contribution in [1.29, 1.82) is 0 Å². The maximum absolute atomic E-state index is 2.30. The van der Waals surface area contributed by atoms with E-state index < -0.39 is 0 Å². The van der Waals surface area contributed by atoms with Crippen molar-refractivity contribution in [3.63, 3.8) is 0 Å². The molecule has 2 aromatic carbocycles. The van der Waals surface area contributed by atoms with Gasteiger partial charge < -0.3 is 0 Å². The van der Waals surface area contributed by atoms with Crippen LogP contribution in [0.5, 0.6) is 0 Å². The molecule has 0 aliphatic heterocycles. The van der Waals surface area contributed by atoms with E-state index in [1.54, 1.807) is 0 Å². The highest BCUT2D eigenvalue weighted by atomic mass is 32.1. The second-order valence-corrected chi connectivity index (χ2v) is 7.13. The molecule has 0 spiro atoms. The van der Waals surface area contributed by atoms with Crippen molar-refractivity contribution in [3.8, 4) is 22.0 Å². The van der Waals surface area contributed by atoms with E-state index in [2.05, 4.69) is 96.9 Å². The first-order chi connectivity index (χ1) is 11.7. The van der Waals surface area contributed by atoms with Crippen LogP contribution < -0.4 is 9.13 Å². The minimum atomic E-state index is 1.24. The summed E-state index contributed by atoms with van der Waals surface area (Å²) in [5.74, 6) is 0.